The third kappa shape index (κ3) is 5.13. The number of carbonyl (C=O) groups excluding carboxylic acids is 3. The van der Waals surface area contributed by atoms with Gasteiger partial charge >= 0.3 is 5.97 Å². The number of esters is 1. The van der Waals surface area contributed by atoms with Crippen LogP contribution in [0.3, 0.4) is 0 Å². The van der Waals surface area contributed by atoms with Gasteiger partial charge in [-0.25, -0.2) is 0 Å². The third-order valence-electron chi connectivity index (χ3n) is 4.61. The molecule has 2 aromatic rings. The average Bonchev–Trinajstić information content (AvgIpc) is 2.87. The summed E-state index contributed by atoms with van der Waals surface area (Å²) in [5.41, 5.74) is 1.50. The Morgan fingerprint density at radius 3 is 2.59 bits per heavy atom. The molecular weight excluding hydrogens is 372 g/mol. The first-order valence-electron chi connectivity index (χ1n) is 9.46. The van der Waals surface area contributed by atoms with Crippen molar-refractivity contribution in [2.75, 3.05) is 25.1 Å². The normalized spacial score (nSPS) is 14.3. The summed E-state index contributed by atoms with van der Waals surface area (Å²) in [6.45, 7) is 1.92. The van der Waals surface area contributed by atoms with E-state index in [1.165, 1.54) is 16.7 Å². The molecule has 0 aliphatic carbocycles. The molecule has 7 nitrogen and oxygen atoms in total. The molecule has 2 aromatic carbocycles. The van der Waals surface area contributed by atoms with Crippen LogP contribution in [0.4, 0.5) is 5.69 Å². The fourth-order valence-electron chi connectivity index (χ4n) is 3.15. The van der Waals surface area contributed by atoms with Gasteiger partial charge in [0.05, 0.1) is 18.7 Å². The fourth-order valence-corrected chi connectivity index (χ4v) is 3.15. The van der Waals surface area contributed by atoms with Crippen LogP contribution in [-0.4, -0.2) is 49.0 Å². The zero-order valence-corrected chi connectivity index (χ0v) is 16.5. The summed E-state index contributed by atoms with van der Waals surface area (Å²) in [4.78, 5) is 40.2. The molecule has 0 aromatic heterocycles. The van der Waals surface area contributed by atoms with Gasteiger partial charge in [0.25, 0.3) is 5.91 Å². The molecule has 1 aliphatic rings. The highest BCUT2D eigenvalue weighted by Crippen LogP contribution is 2.30. The van der Waals surface area contributed by atoms with E-state index in [0.29, 0.717) is 18.0 Å². The van der Waals surface area contributed by atoms with Crippen LogP contribution in [0.1, 0.15) is 18.9 Å². The summed E-state index contributed by atoms with van der Waals surface area (Å²) in [6, 6.07) is 16.6. The van der Waals surface area contributed by atoms with Gasteiger partial charge in [0.1, 0.15) is 12.3 Å². The minimum atomic E-state index is -0.954. The van der Waals surface area contributed by atoms with Crippen molar-refractivity contribution >= 4 is 23.5 Å². The van der Waals surface area contributed by atoms with Crippen molar-refractivity contribution in [3.63, 3.8) is 0 Å². The molecule has 1 heterocycles. The van der Waals surface area contributed by atoms with E-state index in [1.807, 2.05) is 30.3 Å². The second-order valence-electron chi connectivity index (χ2n) is 6.86. The Morgan fingerprint density at radius 1 is 1.14 bits per heavy atom. The van der Waals surface area contributed by atoms with Gasteiger partial charge < -0.3 is 14.4 Å². The van der Waals surface area contributed by atoms with Crippen LogP contribution < -0.4 is 9.64 Å². The van der Waals surface area contributed by atoms with Gasteiger partial charge in [0, 0.05) is 13.6 Å². The van der Waals surface area contributed by atoms with Crippen molar-refractivity contribution < 1.29 is 23.9 Å². The van der Waals surface area contributed by atoms with Crippen LogP contribution in [0.2, 0.25) is 0 Å². The van der Waals surface area contributed by atoms with Gasteiger partial charge in [-0.2, -0.15) is 0 Å². The molecule has 0 radical (unpaired) electrons. The van der Waals surface area contributed by atoms with Crippen LogP contribution in [0, 0.1) is 0 Å². The maximum absolute atomic E-state index is 12.5. The van der Waals surface area contributed by atoms with Crippen molar-refractivity contribution in [3.8, 4) is 5.75 Å². The van der Waals surface area contributed by atoms with Gasteiger partial charge in [-0.15, -0.1) is 0 Å². The number of fused-ring (bicyclic) bond motifs is 1. The van der Waals surface area contributed by atoms with E-state index in [1.54, 1.807) is 31.3 Å². The summed E-state index contributed by atoms with van der Waals surface area (Å²) in [6.07, 6.45) is -0.791. The molecule has 0 N–H and O–H groups in total. The first kappa shape index (κ1) is 20.4. The predicted molar refractivity (Wildman–Crippen MR) is 107 cm³/mol. The average molecular weight is 396 g/mol. The van der Waals surface area contributed by atoms with Crippen LogP contribution >= 0.6 is 0 Å². The number of amides is 2. The Hall–Kier alpha value is -3.35. The van der Waals surface area contributed by atoms with Crippen molar-refractivity contribution in [3.05, 3.63) is 60.2 Å². The number of benzene rings is 2. The number of hydrogen-bond acceptors (Lipinski definition) is 5. The Labute approximate surface area is 169 Å². The summed E-state index contributed by atoms with van der Waals surface area (Å²) < 4.78 is 10.9. The summed E-state index contributed by atoms with van der Waals surface area (Å²) in [7, 11) is 1.66. The fraction of sp³-hybridized carbons (Fsp3) is 0.318. The zero-order valence-electron chi connectivity index (χ0n) is 16.5. The lowest BCUT2D eigenvalue weighted by molar-refractivity contribution is -0.157. The number of likely N-dealkylation sites (N-methyl/N-ethyl adjacent to an activating group) is 1. The molecule has 29 heavy (non-hydrogen) atoms. The quantitative estimate of drug-likeness (QED) is 0.701. The van der Waals surface area contributed by atoms with E-state index in [-0.39, 0.29) is 31.4 Å². The standard InChI is InChI=1S/C22H24N2O5/c1-16(22(27)23(2)14-17-8-4-3-5-9-17)29-21(26)15-24-18-10-6-7-11-19(18)28-13-12-20(24)25/h3-11,16H,12-15H2,1-2H3/t16-/m1/s1. The molecule has 0 unspecified atom stereocenters. The zero-order chi connectivity index (χ0) is 20.8. The molecule has 0 saturated heterocycles. The van der Waals surface area contributed by atoms with Crippen LogP contribution in [-0.2, 0) is 25.7 Å². The number of anilines is 1. The molecule has 1 aliphatic heterocycles. The molecular formula is C22H24N2O5. The topological polar surface area (TPSA) is 76.1 Å². The highest BCUT2D eigenvalue weighted by molar-refractivity contribution is 5.99. The maximum atomic E-state index is 12.5. The lowest BCUT2D eigenvalue weighted by atomic mass is 10.2. The molecule has 0 fully saturated rings. The highest BCUT2D eigenvalue weighted by atomic mass is 16.5. The lowest BCUT2D eigenvalue weighted by Crippen LogP contribution is -2.41. The van der Waals surface area contributed by atoms with Crippen LogP contribution in [0.25, 0.3) is 0 Å². The van der Waals surface area contributed by atoms with E-state index in [9.17, 15) is 14.4 Å². The second-order valence-corrected chi connectivity index (χ2v) is 6.86. The van der Waals surface area contributed by atoms with E-state index < -0.39 is 12.1 Å². The van der Waals surface area contributed by atoms with Crippen molar-refractivity contribution in [1.82, 2.24) is 4.90 Å². The van der Waals surface area contributed by atoms with Gasteiger partial charge in [0.15, 0.2) is 6.10 Å². The molecule has 0 bridgehead atoms. The van der Waals surface area contributed by atoms with E-state index in [0.717, 1.165) is 5.56 Å². The molecule has 0 saturated carbocycles. The number of hydrogen-bond donors (Lipinski definition) is 0. The third-order valence-corrected chi connectivity index (χ3v) is 4.61. The van der Waals surface area contributed by atoms with Crippen LogP contribution in [0.15, 0.2) is 54.6 Å². The van der Waals surface area contributed by atoms with Crippen molar-refractivity contribution in [1.29, 1.82) is 0 Å². The summed E-state index contributed by atoms with van der Waals surface area (Å²) in [5, 5.41) is 0. The monoisotopic (exact) mass is 396 g/mol. The Bertz CT molecular complexity index is 884. The van der Waals surface area contributed by atoms with Gasteiger partial charge in [-0.3, -0.25) is 19.3 Å². The highest BCUT2D eigenvalue weighted by Gasteiger charge is 2.28. The van der Waals surface area contributed by atoms with E-state index in [4.69, 9.17) is 9.47 Å². The SMILES string of the molecule is C[C@@H](OC(=O)CN1C(=O)CCOc2ccccc21)C(=O)N(C)Cc1ccccc1. The smallest absolute Gasteiger partial charge is 0.326 e. The predicted octanol–water partition coefficient (Wildman–Crippen LogP) is 2.39. The Balaban J connectivity index is 1.61. The van der Waals surface area contributed by atoms with Gasteiger partial charge in [0.2, 0.25) is 5.91 Å². The minimum absolute atomic E-state index is 0.163. The van der Waals surface area contributed by atoms with Crippen molar-refractivity contribution in [2.45, 2.75) is 26.0 Å². The summed E-state index contributed by atoms with van der Waals surface area (Å²) >= 11 is 0. The Morgan fingerprint density at radius 2 is 1.83 bits per heavy atom. The lowest BCUT2D eigenvalue weighted by Gasteiger charge is -2.24. The van der Waals surface area contributed by atoms with E-state index >= 15 is 0 Å². The number of para-hydroxylation sites is 2. The molecule has 0 spiro atoms. The largest absolute Gasteiger partial charge is 0.491 e. The van der Waals surface area contributed by atoms with E-state index in [2.05, 4.69) is 0 Å². The summed E-state index contributed by atoms with van der Waals surface area (Å²) in [5.74, 6) is -0.651. The first-order chi connectivity index (χ1) is 14.0. The molecule has 2 amide bonds. The molecule has 7 heteroatoms. The number of rotatable bonds is 6. The Kier molecular flexibility index (Phi) is 6.49. The van der Waals surface area contributed by atoms with Crippen molar-refractivity contribution in [2.24, 2.45) is 0 Å². The minimum Gasteiger partial charge on any atom is -0.491 e. The maximum Gasteiger partial charge on any atom is 0.326 e. The number of carbonyl (C=O) groups is 3. The van der Waals surface area contributed by atoms with Crippen LogP contribution in [0.5, 0.6) is 5.75 Å². The molecule has 3 rings (SSSR count). The van der Waals surface area contributed by atoms with Gasteiger partial charge in [-0.05, 0) is 24.6 Å². The number of nitrogens with zero attached hydrogens (tertiary/aromatic N) is 2. The number of ether oxygens (including phenoxy) is 2. The first-order valence-corrected chi connectivity index (χ1v) is 9.46. The second kappa shape index (κ2) is 9.23. The molecule has 152 valence electrons. The van der Waals surface area contributed by atoms with Gasteiger partial charge in [-0.1, -0.05) is 42.5 Å². The molecule has 1 atom stereocenters.